The van der Waals surface area contributed by atoms with E-state index in [1.54, 1.807) is 30.1 Å². The van der Waals surface area contributed by atoms with Crippen LogP contribution in [-0.4, -0.2) is 24.3 Å². The van der Waals surface area contributed by atoms with Gasteiger partial charge in [0.25, 0.3) is 0 Å². The van der Waals surface area contributed by atoms with Crippen LogP contribution in [0, 0.1) is 5.92 Å². The highest BCUT2D eigenvalue weighted by Crippen LogP contribution is 2.25. The van der Waals surface area contributed by atoms with Crippen LogP contribution in [-0.2, 0) is 4.74 Å². The van der Waals surface area contributed by atoms with Crippen molar-refractivity contribution >= 4 is 17.7 Å². The number of carbonyl (C=O) groups excluding carboxylic acids is 1. The minimum Gasteiger partial charge on any atom is -0.465 e. The van der Waals surface area contributed by atoms with Crippen LogP contribution in [0.5, 0.6) is 0 Å². The molecule has 0 aromatic carbocycles. The van der Waals surface area contributed by atoms with Crippen LogP contribution in [0.2, 0.25) is 0 Å². The van der Waals surface area contributed by atoms with E-state index < -0.39 is 0 Å². The van der Waals surface area contributed by atoms with E-state index in [0.29, 0.717) is 17.4 Å². The van der Waals surface area contributed by atoms with E-state index in [0.717, 1.165) is 5.69 Å². The van der Waals surface area contributed by atoms with Crippen molar-refractivity contribution in [1.82, 2.24) is 4.98 Å². The zero-order chi connectivity index (χ0) is 18.7. The Balaban J connectivity index is 0.000000449. The van der Waals surface area contributed by atoms with Gasteiger partial charge in [-0.1, -0.05) is 46.9 Å². The van der Waals surface area contributed by atoms with Crippen molar-refractivity contribution in [2.75, 3.05) is 13.4 Å². The van der Waals surface area contributed by atoms with Gasteiger partial charge in [-0.3, -0.25) is 4.98 Å². The summed E-state index contributed by atoms with van der Waals surface area (Å²) in [5, 5.41) is 0. The van der Waals surface area contributed by atoms with Gasteiger partial charge in [0.1, 0.15) is 0 Å². The van der Waals surface area contributed by atoms with Gasteiger partial charge in [-0.05, 0) is 41.9 Å². The van der Waals surface area contributed by atoms with Gasteiger partial charge in [-0.2, -0.15) is 0 Å². The van der Waals surface area contributed by atoms with Crippen molar-refractivity contribution < 1.29 is 9.53 Å². The normalized spacial score (nSPS) is 10.9. The highest BCUT2D eigenvalue weighted by atomic mass is 32.2. The molecule has 0 saturated heterocycles. The fourth-order valence-electron chi connectivity index (χ4n) is 1.68. The maximum Gasteiger partial charge on any atom is 0.339 e. The summed E-state index contributed by atoms with van der Waals surface area (Å²) < 4.78 is 4.56. The van der Waals surface area contributed by atoms with Crippen LogP contribution in [0.15, 0.2) is 54.1 Å². The lowest BCUT2D eigenvalue weighted by Gasteiger charge is -2.10. The summed E-state index contributed by atoms with van der Waals surface area (Å²) in [5.41, 5.74) is 2.66. The van der Waals surface area contributed by atoms with Crippen LogP contribution in [0.4, 0.5) is 0 Å². The Bertz CT molecular complexity index is 572. The zero-order valence-corrected chi connectivity index (χ0v) is 16.4. The molecule has 0 N–H and O–H groups in total. The molecule has 132 valence electrons. The molecule has 0 amide bonds. The molecule has 1 heterocycles. The molecule has 1 aromatic rings. The van der Waals surface area contributed by atoms with E-state index in [-0.39, 0.29) is 5.97 Å². The van der Waals surface area contributed by atoms with E-state index in [1.807, 2.05) is 12.1 Å². The number of nitrogens with zero attached hydrogens (tertiary/aromatic N) is 1. The fraction of sp³-hybridized carbons (Fsp3) is 0.400. The first-order chi connectivity index (χ1) is 11.3. The second-order valence-electron chi connectivity index (χ2n) is 5.77. The highest BCUT2D eigenvalue weighted by Gasteiger charge is 2.06. The molecule has 4 heteroatoms. The van der Waals surface area contributed by atoms with Crippen LogP contribution >= 0.6 is 11.8 Å². The number of thioether (sulfide) groups is 1. The molecular weight excluding hydrogens is 318 g/mol. The molecule has 0 aliphatic rings. The predicted molar refractivity (Wildman–Crippen MR) is 105 cm³/mol. The minimum absolute atomic E-state index is 0.345. The summed E-state index contributed by atoms with van der Waals surface area (Å²) in [4.78, 5) is 16.4. The first-order valence-electron chi connectivity index (χ1n) is 7.88. The first kappa shape index (κ1) is 22.2. The first-order valence-corrected chi connectivity index (χ1v) is 9.11. The average molecular weight is 348 g/mol. The van der Waals surface area contributed by atoms with Crippen molar-refractivity contribution in [2.45, 2.75) is 33.6 Å². The summed E-state index contributed by atoms with van der Waals surface area (Å²) >= 11 is 1.72. The second-order valence-corrected chi connectivity index (χ2v) is 6.62. The molecular formula is C20H29NO2S. The molecule has 0 unspecified atom stereocenters. The van der Waals surface area contributed by atoms with E-state index >= 15 is 0 Å². The van der Waals surface area contributed by atoms with Crippen LogP contribution in [0.1, 0.15) is 49.7 Å². The molecule has 24 heavy (non-hydrogen) atoms. The smallest absolute Gasteiger partial charge is 0.339 e. The number of ether oxygens (including phenoxy) is 1. The molecule has 0 spiro atoms. The number of pyridine rings is 1. The third kappa shape index (κ3) is 7.64. The Morgan fingerprint density at radius 2 is 1.92 bits per heavy atom. The number of aromatic nitrogens is 1. The third-order valence-corrected chi connectivity index (χ3v) is 4.14. The lowest BCUT2D eigenvalue weighted by molar-refractivity contribution is 0.0600. The molecule has 0 aliphatic heterocycles. The van der Waals surface area contributed by atoms with Crippen molar-refractivity contribution in [3.8, 4) is 0 Å². The van der Waals surface area contributed by atoms with Crippen LogP contribution in [0.25, 0.3) is 0 Å². The summed E-state index contributed by atoms with van der Waals surface area (Å²) in [6, 6.07) is 3.57. The highest BCUT2D eigenvalue weighted by molar-refractivity contribution is 8.02. The molecule has 0 bridgehead atoms. The van der Waals surface area contributed by atoms with Gasteiger partial charge in [0.15, 0.2) is 0 Å². The molecule has 0 atom stereocenters. The number of hydrogen-bond acceptors (Lipinski definition) is 4. The van der Waals surface area contributed by atoms with Crippen molar-refractivity contribution in [3.63, 3.8) is 0 Å². The van der Waals surface area contributed by atoms with Gasteiger partial charge in [0.2, 0.25) is 0 Å². The molecule has 3 nitrogen and oxygen atoms in total. The van der Waals surface area contributed by atoms with Crippen molar-refractivity contribution in [1.29, 1.82) is 0 Å². The Labute approximate surface area is 150 Å². The standard InChI is InChI=1S/C10H13NO2.C10H16S/c1-7(2)9-5-4-8(6-11-9)10(12)13-3;1-6-7-10(11-5)9(4)8(2)3/h4-7H,1-3H3;6-8H,1,4H2,2-3,5H3/b;10-7+. The number of rotatable bonds is 6. The van der Waals surface area contributed by atoms with E-state index in [4.69, 9.17) is 0 Å². The summed E-state index contributed by atoms with van der Waals surface area (Å²) in [6.07, 6.45) is 7.41. The Morgan fingerprint density at radius 3 is 2.25 bits per heavy atom. The molecule has 0 radical (unpaired) electrons. The van der Waals surface area contributed by atoms with Crippen LogP contribution < -0.4 is 0 Å². The van der Waals surface area contributed by atoms with E-state index in [9.17, 15) is 4.79 Å². The molecule has 0 saturated carbocycles. The number of methoxy groups -OCH3 is 1. The van der Waals surface area contributed by atoms with Gasteiger partial charge < -0.3 is 4.74 Å². The molecule has 0 fully saturated rings. The van der Waals surface area contributed by atoms with Gasteiger partial charge in [0, 0.05) is 16.8 Å². The lowest BCUT2D eigenvalue weighted by Crippen LogP contribution is -2.02. The third-order valence-electron chi connectivity index (χ3n) is 3.30. The average Bonchev–Trinajstić information content (AvgIpc) is 2.58. The van der Waals surface area contributed by atoms with E-state index in [2.05, 4.69) is 56.8 Å². The summed E-state index contributed by atoms with van der Waals surface area (Å²) in [7, 11) is 1.36. The number of esters is 1. The SMILES string of the molecule is C=C/C=C(/SC)C(=C)C(C)C.COC(=O)c1ccc(C(C)C)nc1. The maximum atomic E-state index is 11.0. The Morgan fingerprint density at radius 1 is 1.29 bits per heavy atom. The summed E-state index contributed by atoms with van der Waals surface area (Å²) in [6.45, 7) is 16.1. The Hall–Kier alpha value is -1.81. The molecule has 1 rings (SSSR count). The topological polar surface area (TPSA) is 39.2 Å². The Kier molecular flexibility index (Phi) is 10.8. The number of hydrogen-bond donors (Lipinski definition) is 0. The van der Waals surface area contributed by atoms with E-state index in [1.165, 1.54) is 17.6 Å². The predicted octanol–water partition coefficient (Wildman–Crippen LogP) is 5.62. The largest absolute Gasteiger partial charge is 0.465 e. The maximum absolute atomic E-state index is 11.0. The lowest BCUT2D eigenvalue weighted by atomic mass is 10.1. The van der Waals surface area contributed by atoms with Gasteiger partial charge in [-0.15, -0.1) is 11.8 Å². The number of carbonyl (C=O) groups is 1. The summed E-state index contributed by atoms with van der Waals surface area (Å²) in [5.74, 6) is 0.558. The minimum atomic E-state index is -0.345. The quantitative estimate of drug-likeness (QED) is 0.494. The zero-order valence-electron chi connectivity index (χ0n) is 15.6. The second kappa shape index (κ2) is 11.7. The number of allylic oxidation sites excluding steroid dienone is 3. The van der Waals surface area contributed by atoms with Crippen molar-refractivity contribution in [2.24, 2.45) is 5.92 Å². The fourth-order valence-corrected chi connectivity index (χ4v) is 2.41. The molecule has 1 aromatic heterocycles. The van der Waals surface area contributed by atoms with Gasteiger partial charge >= 0.3 is 5.97 Å². The van der Waals surface area contributed by atoms with Crippen LogP contribution in [0.3, 0.4) is 0 Å². The van der Waals surface area contributed by atoms with Crippen molar-refractivity contribution in [3.05, 3.63) is 65.4 Å². The monoisotopic (exact) mass is 347 g/mol. The molecule has 0 aliphatic carbocycles. The van der Waals surface area contributed by atoms with Gasteiger partial charge in [0.05, 0.1) is 12.7 Å². The van der Waals surface area contributed by atoms with Gasteiger partial charge in [-0.25, -0.2) is 4.79 Å².